The van der Waals surface area contributed by atoms with E-state index in [1.54, 1.807) is 6.26 Å². The van der Waals surface area contributed by atoms with E-state index in [1.807, 2.05) is 0 Å². The van der Waals surface area contributed by atoms with Gasteiger partial charge in [0.2, 0.25) is 0 Å². The number of nitrogens with two attached hydrogens (primary N) is 1. The first-order chi connectivity index (χ1) is 5.81. The summed E-state index contributed by atoms with van der Waals surface area (Å²) >= 11 is 0. The van der Waals surface area contributed by atoms with Crippen molar-refractivity contribution >= 4 is 10.8 Å². The average molecular weight is 161 g/mol. The summed E-state index contributed by atoms with van der Waals surface area (Å²) in [6, 6.07) is 6.21. The number of hydrogen-bond donors (Lipinski definition) is 1. The van der Waals surface area contributed by atoms with Crippen molar-refractivity contribution in [1.82, 2.24) is 0 Å². The maximum atomic E-state index is 5.50. The van der Waals surface area contributed by atoms with Gasteiger partial charge in [-0.05, 0) is 13.0 Å². The zero-order valence-electron chi connectivity index (χ0n) is 7.00. The topological polar surface area (TPSA) is 39.2 Å². The second-order valence-corrected chi connectivity index (χ2v) is 2.95. The highest BCUT2D eigenvalue weighted by atomic mass is 16.3. The predicted octanol–water partition coefficient (Wildman–Crippen LogP) is 2.20. The Balaban J connectivity index is 2.73. The molecule has 0 fully saturated rings. The molecule has 0 saturated heterocycles. The summed E-state index contributed by atoms with van der Waals surface area (Å²) in [6.07, 6.45) is 1.75. The van der Waals surface area contributed by atoms with Gasteiger partial charge >= 0.3 is 0 Å². The molecule has 2 heteroatoms. The van der Waals surface area contributed by atoms with Crippen molar-refractivity contribution in [2.45, 2.75) is 13.5 Å². The third kappa shape index (κ3) is 1.01. The van der Waals surface area contributed by atoms with E-state index in [0.29, 0.717) is 6.54 Å². The molecule has 62 valence electrons. The van der Waals surface area contributed by atoms with Gasteiger partial charge in [0.15, 0.2) is 0 Å². The molecule has 2 rings (SSSR count). The number of furan rings is 1. The molecule has 1 aromatic heterocycles. The zero-order chi connectivity index (χ0) is 8.55. The highest BCUT2D eigenvalue weighted by Gasteiger charge is 2.02. The fourth-order valence-corrected chi connectivity index (χ4v) is 1.39. The van der Waals surface area contributed by atoms with Crippen molar-refractivity contribution in [2.24, 2.45) is 5.73 Å². The van der Waals surface area contributed by atoms with E-state index in [4.69, 9.17) is 10.2 Å². The molecule has 0 aliphatic carbocycles. The lowest BCUT2D eigenvalue weighted by atomic mass is 10.1. The van der Waals surface area contributed by atoms with E-state index >= 15 is 0 Å². The van der Waals surface area contributed by atoms with Crippen LogP contribution in [-0.2, 0) is 6.54 Å². The van der Waals surface area contributed by atoms with Crippen LogP contribution in [0.15, 0.2) is 28.9 Å². The fourth-order valence-electron chi connectivity index (χ4n) is 1.39. The van der Waals surface area contributed by atoms with Crippen LogP contribution in [-0.4, -0.2) is 0 Å². The van der Waals surface area contributed by atoms with Gasteiger partial charge < -0.3 is 10.2 Å². The van der Waals surface area contributed by atoms with E-state index in [9.17, 15) is 0 Å². The van der Waals surface area contributed by atoms with Gasteiger partial charge in [-0.15, -0.1) is 0 Å². The number of rotatable bonds is 1. The van der Waals surface area contributed by atoms with Crippen molar-refractivity contribution < 1.29 is 4.42 Å². The van der Waals surface area contributed by atoms with E-state index in [2.05, 4.69) is 25.1 Å². The Morgan fingerprint density at radius 2 is 2.25 bits per heavy atom. The number of aryl methyl sites for hydroxylation is 1. The predicted molar refractivity (Wildman–Crippen MR) is 48.8 cm³/mol. The molecule has 2 nitrogen and oxygen atoms in total. The molecule has 0 spiro atoms. The largest absolute Gasteiger partial charge is 0.467 e. The summed E-state index contributed by atoms with van der Waals surface area (Å²) < 4.78 is 5.29. The molecule has 1 heterocycles. The first-order valence-corrected chi connectivity index (χ1v) is 3.98. The molecular formula is C10H11NO. The Labute approximate surface area is 71.0 Å². The molecule has 1 aromatic carbocycles. The maximum Gasteiger partial charge on any atom is 0.125 e. The Hall–Kier alpha value is -1.28. The smallest absolute Gasteiger partial charge is 0.125 e. The second kappa shape index (κ2) is 2.64. The lowest BCUT2D eigenvalue weighted by Gasteiger charge is -1.93. The number of hydrogen-bond acceptors (Lipinski definition) is 2. The summed E-state index contributed by atoms with van der Waals surface area (Å²) in [6.45, 7) is 2.53. The molecule has 0 aliphatic rings. The second-order valence-electron chi connectivity index (χ2n) is 2.95. The minimum absolute atomic E-state index is 0.465. The standard InChI is InChI=1S/C10H11NO/c1-7-2-3-9-8(4-7)6-12-10(9)5-11/h2-4,6H,5,11H2,1H3. The minimum Gasteiger partial charge on any atom is -0.467 e. The minimum atomic E-state index is 0.465. The lowest BCUT2D eigenvalue weighted by molar-refractivity contribution is 0.518. The molecule has 0 atom stereocenters. The molecule has 0 saturated carbocycles. The highest BCUT2D eigenvalue weighted by Crippen LogP contribution is 2.21. The van der Waals surface area contributed by atoms with Gasteiger partial charge in [0, 0.05) is 10.8 Å². The van der Waals surface area contributed by atoms with Gasteiger partial charge in [-0.3, -0.25) is 0 Å². The van der Waals surface area contributed by atoms with Gasteiger partial charge in [0.25, 0.3) is 0 Å². The van der Waals surface area contributed by atoms with E-state index in [1.165, 1.54) is 5.56 Å². The summed E-state index contributed by atoms with van der Waals surface area (Å²) in [5.74, 6) is 0.866. The number of fused-ring (bicyclic) bond motifs is 1. The number of benzene rings is 1. The van der Waals surface area contributed by atoms with Crippen LogP contribution in [0.1, 0.15) is 11.3 Å². The van der Waals surface area contributed by atoms with Crippen LogP contribution in [0.3, 0.4) is 0 Å². The van der Waals surface area contributed by atoms with Gasteiger partial charge in [-0.2, -0.15) is 0 Å². The van der Waals surface area contributed by atoms with Crippen molar-refractivity contribution in [1.29, 1.82) is 0 Å². The zero-order valence-corrected chi connectivity index (χ0v) is 7.00. The fraction of sp³-hybridized carbons (Fsp3) is 0.200. The third-order valence-electron chi connectivity index (χ3n) is 2.02. The van der Waals surface area contributed by atoms with E-state index < -0.39 is 0 Å². The Morgan fingerprint density at radius 1 is 1.42 bits per heavy atom. The normalized spacial score (nSPS) is 10.8. The molecule has 0 unspecified atom stereocenters. The van der Waals surface area contributed by atoms with Crippen molar-refractivity contribution in [3.63, 3.8) is 0 Å². The molecular weight excluding hydrogens is 150 g/mol. The molecule has 0 amide bonds. The lowest BCUT2D eigenvalue weighted by Crippen LogP contribution is -1.93. The van der Waals surface area contributed by atoms with Crippen LogP contribution in [0.4, 0.5) is 0 Å². The molecule has 2 N–H and O–H groups in total. The Morgan fingerprint density at radius 3 is 3.00 bits per heavy atom. The quantitative estimate of drug-likeness (QED) is 0.696. The van der Waals surface area contributed by atoms with E-state index in [-0.39, 0.29) is 0 Å². The van der Waals surface area contributed by atoms with Crippen LogP contribution < -0.4 is 5.73 Å². The monoisotopic (exact) mass is 161 g/mol. The maximum absolute atomic E-state index is 5.50. The van der Waals surface area contributed by atoms with Crippen LogP contribution in [0.25, 0.3) is 10.8 Å². The van der Waals surface area contributed by atoms with Crippen LogP contribution in [0, 0.1) is 6.92 Å². The third-order valence-corrected chi connectivity index (χ3v) is 2.02. The molecule has 0 aliphatic heterocycles. The van der Waals surface area contributed by atoms with Crippen molar-refractivity contribution in [3.05, 3.63) is 35.8 Å². The van der Waals surface area contributed by atoms with Gasteiger partial charge in [-0.1, -0.05) is 17.7 Å². The molecule has 12 heavy (non-hydrogen) atoms. The summed E-state index contributed by atoms with van der Waals surface area (Å²) in [5, 5.41) is 2.26. The summed E-state index contributed by atoms with van der Waals surface area (Å²) in [7, 11) is 0. The average Bonchev–Trinajstić information content (AvgIpc) is 2.46. The van der Waals surface area contributed by atoms with Crippen molar-refractivity contribution in [2.75, 3.05) is 0 Å². The SMILES string of the molecule is Cc1ccc2c(CN)occ2c1. The molecule has 0 radical (unpaired) electrons. The van der Waals surface area contributed by atoms with Gasteiger partial charge in [0.1, 0.15) is 5.76 Å². The van der Waals surface area contributed by atoms with E-state index in [0.717, 1.165) is 16.5 Å². The molecule has 2 aromatic rings. The highest BCUT2D eigenvalue weighted by molar-refractivity contribution is 5.84. The van der Waals surface area contributed by atoms with Gasteiger partial charge in [-0.25, -0.2) is 0 Å². The molecule has 0 bridgehead atoms. The first-order valence-electron chi connectivity index (χ1n) is 3.98. The first kappa shape index (κ1) is 7.37. The van der Waals surface area contributed by atoms with Crippen LogP contribution in [0.2, 0.25) is 0 Å². The van der Waals surface area contributed by atoms with Crippen LogP contribution in [0.5, 0.6) is 0 Å². The van der Waals surface area contributed by atoms with Crippen LogP contribution >= 0.6 is 0 Å². The van der Waals surface area contributed by atoms with Crippen molar-refractivity contribution in [3.8, 4) is 0 Å². The Kier molecular flexibility index (Phi) is 1.62. The van der Waals surface area contributed by atoms with Gasteiger partial charge in [0.05, 0.1) is 12.8 Å². The summed E-state index contributed by atoms with van der Waals surface area (Å²) in [4.78, 5) is 0. The summed E-state index contributed by atoms with van der Waals surface area (Å²) in [5.41, 5.74) is 6.75. The Bertz CT molecular complexity index is 403.